The molecule has 1 heteroatoms. The van der Waals surface area contributed by atoms with Crippen molar-refractivity contribution >= 4 is 0 Å². The smallest absolute Gasteiger partial charge is 0.0842 e. The number of aliphatic hydroxyl groups is 1. The maximum atomic E-state index is 9.73. The van der Waals surface area contributed by atoms with Crippen LogP contribution in [-0.2, 0) is 0 Å². The number of hydrogen-bond acceptors (Lipinski definition) is 1. The monoisotopic (exact) mass is 166 g/mol. The van der Waals surface area contributed by atoms with Gasteiger partial charge in [0, 0.05) is 0 Å². The van der Waals surface area contributed by atoms with Crippen molar-refractivity contribution < 1.29 is 5.11 Å². The lowest BCUT2D eigenvalue weighted by Gasteiger charge is -2.21. The molecule has 0 aromatic heterocycles. The lowest BCUT2D eigenvalue weighted by Crippen LogP contribution is -2.22. The summed E-state index contributed by atoms with van der Waals surface area (Å²) < 4.78 is 0. The highest BCUT2D eigenvalue weighted by Crippen LogP contribution is 2.22. The molecule has 0 heterocycles. The molecule has 1 nitrogen and oxygen atoms in total. The van der Waals surface area contributed by atoms with E-state index in [1.807, 2.05) is 6.92 Å². The Morgan fingerprint density at radius 1 is 1.33 bits per heavy atom. The van der Waals surface area contributed by atoms with E-state index in [9.17, 15) is 5.11 Å². The van der Waals surface area contributed by atoms with Crippen molar-refractivity contribution in [2.24, 2.45) is 0 Å². The summed E-state index contributed by atoms with van der Waals surface area (Å²) in [5.41, 5.74) is 1.10. The summed E-state index contributed by atoms with van der Waals surface area (Å²) >= 11 is 0. The summed E-state index contributed by atoms with van der Waals surface area (Å²) in [6.45, 7) is 12.9. The van der Waals surface area contributed by atoms with Gasteiger partial charge in [-0.3, -0.25) is 0 Å². The van der Waals surface area contributed by atoms with Gasteiger partial charge < -0.3 is 5.11 Å². The first-order chi connectivity index (χ1) is 5.47. The van der Waals surface area contributed by atoms with Crippen LogP contribution in [0.2, 0.25) is 0 Å². The van der Waals surface area contributed by atoms with E-state index in [4.69, 9.17) is 0 Å². The second kappa shape index (κ2) is 4.27. The Morgan fingerprint density at radius 2 is 1.83 bits per heavy atom. The average Bonchev–Trinajstić information content (AvgIpc) is 1.97. The molecule has 0 rings (SSSR count). The lowest BCUT2D eigenvalue weighted by atomic mass is 9.92. The molecule has 0 aromatic rings. The van der Waals surface area contributed by atoms with Crippen molar-refractivity contribution in [3.05, 3.63) is 36.5 Å². The van der Waals surface area contributed by atoms with Crippen LogP contribution < -0.4 is 0 Å². The largest absolute Gasteiger partial charge is 0.386 e. The highest BCUT2D eigenvalue weighted by Gasteiger charge is 2.18. The van der Waals surface area contributed by atoms with Gasteiger partial charge in [-0.2, -0.15) is 0 Å². The van der Waals surface area contributed by atoms with Gasteiger partial charge in [0.05, 0.1) is 5.60 Å². The van der Waals surface area contributed by atoms with E-state index in [0.717, 1.165) is 17.6 Å². The Kier molecular flexibility index (Phi) is 3.98. The van der Waals surface area contributed by atoms with Gasteiger partial charge >= 0.3 is 0 Å². The van der Waals surface area contributed by atoms with E-state index in [2.05, 4.69) is 13.2 Å². The normalized spacial score (nSPS) is 13.7. The molecule has 0 unspecified atom stereocenters. The fraction of sp³-hybridized carbons (Fsp3) is 0.455. The maximum Gasteiger partial charge on any atom is 0.0842 e. The number of rotatable bonds is 4. The zero-order valence-corrected chi connectivity index (χ0v) is 8.22. The first kappa shape index (κ1) is 11.2. The van der Waals surface area contributed by atoms with Crippen LogP contribution in [-0.4, -0.2) is 10.7 Å². The molecule has 12 heavy (non-hydrogen) atoms. The summed E-state index contributed by atoms with van der Waals surface area (Å²) in [6.07, 6.45) is 4.34. The number of hydrogen-bond donors (Lipinski definition) is 1. The summed E-state index contributed by atoms with van der Waals surface area (Å²) in [5.74, 6) is 0. The van der Waals surface area contributed by atoms with E-state index in [-0.39, 0.29) is 0 Å². The summed E-state index contributed by atoms with van der Waals surface area (Å²) in [5, 5.41) is 9.73. The molecule has 0 fully saturated rings. The number of allylic oxidation sites excluding steroid dienone is 2. The first-order valence-electron chi connectivity index (χ1n) is 4.18. The highest BCUT2D eigenvalue weighted by molar-refractivity contribution is 5.36. The molecule has 1 N–H and O–H groups in total. The fourth-order valence-electron chi connectivity index (χ4n) is 1.22. The average molecular weight is 166 g/mol. The molecule has 0 radical (unpaired) electrons. The Hall–Kier alpha value is -0.820. The fourth-order valence-corrected chi connectivity index (χ4v) is 1.22. The molecule has 0 bridgehead atoms. The zero-order chi connectivity index (χ0) is 9.78. The van der Waals surface area contributed by atoms with E-state index < -0.39 is 5.60 Å². The van der Waals surface area contributed by atoms with Gasteiger partial charge in [-0.25, -0.2) is 0 Å². The molecule has 0 aliphatic rings. The Bertz CT molecular complexity index is 204. The molecule has 0 aliphatic carbocycles. The van der Waals surface area contributed by atoms with Crippen molar-refractivity contribution in [3.8, 4) is 0 Å². The van der Waals surface area contributed by atoms with E-state index in [0.29, 0.717) is 0 Å². The van der Waals surface area contributed by atoms with Crippen LogP contribution in [0.4, 0.5) is 0 Å². The highest BCUT2D eigenvalue weighted by atomic mass is 16.3. The van der Waals surface area contributed by atoms with Crippen molar-refractivity contribution in [1.82, 2.24) is 0 Å². The van der Waals surface area contributed by atoms with Gasteiger partial charge in [0.1, 0.15) is 0 Å². The second-order valence-electron chi connectivity index (χ2n) is 3.26. The molecule has 0 saturated carbocycles. The SMILES string of the molecule is C=C/C(CC)=C(\C=C)C(C)(C)O. The molecule has 0 spiro atoms. The summed E-state index contributed by atoms with van der Waals surface area (Å²) in [4.78, 5) is 0. The van der Waals surface area contributed by atoms with Gasteiger partial charge in [-0.05, 0) is 31.4 Å². The van der Waals surface area contributed by atoms with Crippen LogP contribution in [0, 0.1) is 0 Å². The van der Waals surface area contributed by atoms with E-state index in [1.165, 1.54) is 0 Å². The van der Waals surface area contributed by atoms with Crippen LogP contribution in [0.25, 0.3) is 0 Å². The van der Waals surface area contributed by atoms with Gasteiger partial charge in [-0.15, -0.1) is 0 Å². The minimum absolute atomic E-state index is 0.818. The molecule has 0 amide bonds. The quantitative estimate of drug-likeness (QED) is 0.637. The van der Waals surface area contributed by atoms with Crippen LogP contribution in [0.1, 0.15) is 27.2 Å². The third-order valence-electron chi connectivity index (χ3n) is 1.84. The van der Waals surface area contributed by atoms with Crippen LogP contribution in [0.15, 0.2) is 36.5 Å². The summed E-state index contributed by atoms with van der Waals surface area (Å²) in [6, 6.07) is 0. The third-order valence-corrected chi connectivity index (χ3v) is 1.84. The van der Waals surface area contributed by atoms with Crippen molar-refractivity contribution in [1.29, 1.82) is 0 Å². The topological polar surface area (TPSA) is 20.2 Å². The standard InChI is InChI=1S/C11H18O/c1-6-9(7-2)10(8-3)11(4,5)12/h6,8,12H,1,3,7H2,2,4-5H3/b10-9-. The van der Waals surface area contributed by atoms with Crippen molar-refractivity contribution in [2.45, 2.75) is 32.8 Å². The molecular weight excluding hydrogens is 148 g/mol. The van der Waals surface area contributed by atoms with Crippen LogP contribution in [0.3, 0.4) is 0 Å². The lowest BCUT2D eigenvalue weighted by molar-refractivity contribution is 0.123. The zero-order valence-electron chi connectivity index (χ0n) is 8.22. The molecule has 0 atom stereocenters. The Balaban J connectivity index is 5.09. The minimum atomic E-state index is -0.818. The van der Waals surface area contributed by atoms with Gasteiger partial charge in [0.2, 0.25) is 0 Å². The first-order valence-corrected chi connectivity index (χ1v) is 4.18. The predicted octanol–water partition coefficient (Wildman–Crippen LogP) is 2.84. The third kappa shape index (κ3) is 2.67. The minimum Gasteiger partial charge on any atom is -0.386 e. The van der Waals surface area contributed by atoms with Crippen molar-refractivity contribution in [2.75, 3.05) is 0 Å². The van der Waals surface area contributed by atoms with Gasteiger partial charge in [0.15, 0.2) is 0 Å². The Labute approximate surface area is 75.1 Å². The molecule has 0 aliphatic heterocycles. The Morgan fingerprint density at radius 3 is 1.92 bits per heavy atom. The summed E-state index contributed by atoms with van der Waals surface area (Å²) in [7, 11) is 0. The van der Waals surface area contributed by atoms with E-state index in [1.54, 1.807) is 26.0 Å². The molecule has 0 saturated heterocycles. The predicted molar refractivity (Wildman–Crippen MR) is 54.0 cm³/mol. The molecule has 0 aromatic carbocycles. The molecule has 68 valence electrons. The molecular formula is C11H18O. The van der Waals surface area contributed by atoms with E-state index >= 15 is 0 Å². The maximum absolute atomic E-state index is 9.73. The van der Waals surface area contributed by atoms with Gasteiger partial charge in [-0.1, -0.05) is 32.2 Å². The van der Waals surface area contributed by atoms with Crippen molar-refractivity contribution in [3.63, 3.8) is 0 Å². The second-order valence-corrected chi connectivity index (χ2v) is 3.26. The van der Waals surface area contributed by atoms with Crippen LogP contribution >= 0.6 is 0 Å². The van der Waals surface area contributed by atoms with Crippen LogP contribution in [0.5, 0.6) is 0 Å². The van der Waals surface area contributed by atoms with Gasteiger partial charge in [0.25, 0.3) is 0 Å².